The van der Waals surface area contributed by atoms with Gasteiger partial charge in [0.05, 0.1) is 0 Å². The van der Waals surface area contributed by atoms with Gasteiger partial charge in [0, 0.05) is 11.1 Å². The second-order valence-corrected chi connectivity index (χ2v) is 6.75. The van der Waals surface area contributed by atoms with Crippen LogP contribution in [0.3, 0.4) is 0 Å². The molecule has 2 rings (SSSR count). The van der Waals surface area contributed by atoms with E-state index in [1.54, 1.807) is 24.3 Å². The summed E-state index contributed by atoms with van der Waals surface area (Å²) in [6, 6.07) is 12.8. The van der Waals surface area contributed by atoms with Gasteiger partial charge in [-0.05, 0) is 61.5 Å². The minimum atomic E-state index is -0.459. The van der Waals surface area contributed by atoms with Crippen LogP contribution in [0, 0.1) is 13.8 Å². The van der Waals surface area contributed by atoms with Crippen LogP contribution in [-0.4, -0.2) is 23.5 Å². The summed E-state index contributed by atoms with van der Waals surface area (Å²) < 4.78 is 5.36. The summed E-state index contributed by atoms with van der Waals surface area (Å²) >= 11 is 10.9. The third-order valence-electron chi connectivity index (χ3n) is 3.56. The Labute approximate surface area is 173 Å². The van der Waals surface area contributed by atoms with Gasteiger partial charge in [-0.15, -0.1) is 0 Å². The van der Waals surface area contributed by atoms with E-state index in [-0.39, 0.29) is 11.7 Å². The number of amides is 2. The highest BCUT2D eigenvalue weighted by molar-refractivity contribution is 7.80. The maximum atomic E-state index is 11.8. The Bertz CT molecular complexity index is 898. The molecule has 146 valence electrons. The number of hydrogen-bond donors (Lipinski definition) is 3. The van der Waals surface area contributed by atoms with E-state index in [0.717, 1.165) is 16.7 Å². The molecule has 0 radical (unpaired) electrons. The Kier molecular flexibility index (Phi) is 7.98. The van der Waals surface area contributed by atoms with Crippen molar-refractivity contribution in [2.45, 2.75) is 13.8 Å². The molecular weight excluding hydrogens is 398 g/mol. The summed E-state index contributed by atoms with van der Waals surface area (Å²) in [5.41, 5.74) is 7.66. The smallest absolute Gasteiger partial charge is 0.276 e. The Balaban J connectivity index is 1.70. The molecule has 8 heteroatoms. The molecule has 2 amide bonds. The zero-order chi connectivity index (χ0) is 20.5. The lowest BCUT2D eigenvalue weighted by molar-refractivity contribution is -0.123. The Morgan fingerprint density at radius 1 is 1.11 bits per heavy atom. The molecule has 28 heavy (non-hydrogen) atoms. The highest BCUT2D eigenvalue weighted by Crippen LogP contribution is 2.20. The van der Waals surface area contributed by atoms with E-state index in [1.807, 2.05) is 38.1 Å². The van der Waals surface area contributed by atoms with Gasteiger partial charge in [0.1, 0.15) is 5.75 Å². The van der Waals surface area contributed by atoms with Crippen LogP contribution in [0.1, 0.15) is 16.7 Å². The van der Waals surface area contributed by atoms with Gasteiger partial charge >= 0.3 is 0 Å². The van der Waals surface area contributed by atoms with Crippen LogP contribution in [0.5, 0.6) is 5.75 Å². The number of hydrogen-bond acceptors (Lipinski definition) is 4. The maximum absolute atomic E-state index is 11.8. The molecular formula is C20H20ClN3O3S. The number of benzene rings is 2. The summed E-state index contributed by atoms with van der Waals surface area (Å²) in [7, 11) is 0. The second-order valence-electron chi connectivity index (χ2n) is 5.94. The van der Waals surface area contributed by atoms with Gasteiger partial charge in [0.25, 0.3) is 5.91 Å². The molecule has 0 heterocycles. The standard InChI is InChI=1S/C20H20ClN3O3S/c1-13-3-5-15(6-4-13)7-10-18(25)22-20(28)24-23-19(26)12-27-16-8-9-17(21)14(2)11-16/h3-11H,12H2,1-2H3,(H,23,26)(H2,22,24,25,28). The van der Waals surface area contributed by atoms with Gasteiger partial charge in [-0.25, -0.2) is 0 Å². The van der Waals surface area contributed by atoms with E-state index >= 15 is 0 Å². The Hall–Kier alpha value is -2.90. The van der Waals surface area contributed by atoms with Crippen molar-refractivity contribution in [2.75, 3.05) is 6.61 Å². The van der Waals surface area contributed by atoms with Crippen LogP contribution in [0.2, 0.25) is 5.02 Å². The second kappa shape index (κ2) is 10.4. The lowest BCUT2D eigenvalue weighted by Gasteiger charge is -2.11. The van der Waals surface area contributed by atoms with E-state index < -0.39 is 11.8 Å². The normalized spacial score (nSPS) is 10.4. The van der Waals surface area contributed by atoms with Crippen molar-refractivity contribution in [3.63, 3.8) is 0 Å². The largest absolute Gasteiger partial charge is 0.484 e. The number of carbonyl (C=O) groups excluding carboxylic acids is 2. The summed E-state index contributed by atoms with van der Waals surface area (Å²) in [6.45, 7) is 3.60. The molecule has 0 aliphatic heterocycles. The molecule has 0 saturated carbocycles. The first-order chi connectivity index (χ1) is 13.3. The van der Waals surface area contributed by atoms with Crippen molar-refractivity contribution in [1.82, 2.24) is 16.2 Å². The van der Waals surface area contributed by atoms with Gasteiger partial charge in [-0.1, -0.05) is 41.4 Å². The van der Waals surface area contributed by atoms with Crippen molar-refractivity contribution < 1.29 is 14.3 Å². The van der Waals surface area contributed by atoms with E-state index in [2.05, 4.69) is 16.2 Å². The monoisotopic (exact) mass is 417 g/mol. The lowest BCUT2D eigenvalue weighted by Crippen LogP contribution is -2.49. The molecule has 2 aromatic carbocycles. The molecule has 0 bridgehead atoms. The molecule has 0 unspecified atom stereocenters. The summed E-state index contributed by atoms with van der Waals surface area (Å²) in [5.74, 6) is -0.353. The average Bonchev–Trinajstić information content (AvgIpc) is 2.67. The number of halogens is 1. The fraction of sp³-hybridized carbons (Fsp3) is 0.150. The number of nitrogens with one attached hydrogen (secondary N) is 3. The number of ether oxygens (including phenoxy) is 1. The fourth-order valence-corrected chi connectivity index (χ4v) is 2.32. The number of hydrazine groups is 1. The Morgan fingerprint density at radius 3 is 2.50 bits per heavy atom. The molecule has 0 aliphatic rings. The number of carbonyl (C=O) groups is 2. The first-order valence-corrected chi connectivity index (χ1v) is 9.15. The summed E-state index contributed by atoms with van der Waals surface area (Å²) in [6.07, 6.45) is 3.02. The average molecular weight is 418 g/mol. The first kappa shape index (κ1) is 21.4. The van der Waals surface area contributed by atoms with Crippen molar-refractivity contribution in [1.29, 1.82) is 0 Å². The van der Waals surface area contributed by atoms with Crippen molar-refractivity contribution in [3.8, 4) is 5.75 Å². The zero-order valence-corrected chi connectivity index (χ0v) is 17.0. The zero-order valence-electron chi connectivity index (χ0n) is 15.4. The number of rotatable bonds is 5. The maximum Gasteiger partial charge on any atom is 0.276 e. The molecule has 0 aliphatic carbocycles. The minimum absolute atomic E-state index is 0.0331. The highest BCUT2D eigenvalue weighted by atomic mass is 35.5. The van der Waals surface area contributed by atoms with Crippen molar-refractivity contribution in [2.24, 2.45) is 0 Å². The van der Waals surface area contributed by atoms with Gasteiger partial charge < -0.3 is 4.74 Å². The molecule has 0 aromatic heterocycles. The minimum Gasteiger partial charge on any atom is -0.484 e. The van der Waals surface area contributed by atoms with Gasteiger partial charge in [0.15, 0.2) is 11.7 Å². The third kappa shape index (κ3) is 7.38. The van der Waals surface area contributed by atoms with E-state index in [0.29, 0.717) is 10.8 Å². The molecule has 0 spiro atoms. The predicted octanol–water partition coefficient (Wildman–Crippen LogP) is 3.07. The topological polar surface area (TPSA) is 79.5 Å². The molecule has 6 nitrogen and oxygen atoms in total. The van der Waals surface area contributed by atoms with Gasteiger partial charge in [-0.2, -0.15) is 0 Å². The van der Waals surface area contributed by atoms with E-state index in [1.165, 1.54) is 6.08 Å². The Morgan fingerprint density at radius 2 is 1.82 bits per heavy atom. The van der Waals surface area contributed by atoms with E-state index in [4.69, 9.17) is 28.6 Å². The summed E-state index contributed by atoms with van der Waals surface area (Å²) in [4.78, 5) is 23.6. The van der Waals surface area contributed by atoms with Crippen molar-refractivity contribution in [3.05, 3.63) is 70.3 Å². The van der Waals surface area contributed by atoms with Gasteiger partial charge in [-0.3, -0.25) is 25.8 Å². The van der Waals surface area contributed by atoms with Crippen LogP contribution < -0.4 is 20.9 Å². The molecule has 0 fully saturated rings. The van der Waals surface area contributed by atoms with Crippen LogP contribution in [0.4, 0.5) is 0 Å². The van der Waals surface area contributed by atoms with Crippen LogP contribution in [-0.2, 0) is 9.59 Å². The predicted molar refractivity (Wildman–Crippen MR) is 114 cm³/mol. The molecule has 2 aromatic rings. The number of aryl methyl sites for hydroxylation is 2. The van der Waals surface area contributed by atoms with Crippen molar-refractivity contribution >= 4 is 46.8 Å². The first-order valence-electron chi connectivity index (χ1n) is 8.37. The third-order valence-corrected chi connectivity index (χ3v) is 4.18. The van der Waals surface area contributed by atoms with Crippen LogP contribution in [0.25, 0.3) is 6.08 Å². The lowest BCUT2D eigenvalue weighted by atomic mass is 10.1. The summed E-state index contributed by atoms with van der Waals surface area (Å²) in [5, 5.41) is 3.02. The van der Waals surface area contributed by atoms with Crippen LogP contribution in [0.15, 0.2) is 48.5 Å². The SMILES string of the molecule is Cc1ccc(C=CC(=O)NC(=S)NNC(=O)COc2ccc(Cl)c(C)c2)cc1. The van der Waals surface area contributed by atoms with Gasteiger partial charge in [0.2, 0.25) is 5.91 Å². The number of thiocarbonyl (C=S) groups is 1. The molecule has 0 saturated heterocycles. The molecule has 3 N–H and O–H groups in total. The quantitative estimate of drug-likeness (QED) is 0.396. The van der Waals surface area contributed by atoms with E-state index in [9.17, 15) is 9.59 Å². The fourth-order valence-electron chi connectivity index (χ4n) is 2.05. The highest BCUT2D eigenvalue weighted by Gasteiger charge is 2.06. The van der Waals surface area contributed by atoms with Crippen LogP contribution >= 0.6 is 23.8 Å². The molecule has 0 atom stereocenters.